The molecule has 1 aliphatic carbocycles. The molecule has 1 aliphatic rings. The maximum absolute atomic E-state index is 12.9. The first kappa shape index (κ1) is 16.7. The van der Waals surface area contributed by atoms with E-state index in [2.05, 4.69) is 0 Å². The summed E-state index contributed by atoms with van der Waals surface area (Å²) in [5.74, 6) is -2.28. The van der Waals surface area contributed by atoms with Gasteiger partial charge in [0.15, 0.2) is 17.3 Å². The van der Waals surface area contributed by atoms with Gasteiger partial charge in [0.05, 0.1) is 11.1 Å². The van der Waals surface area contributed by atoms with E-state index in [1.807, 2.05) is 0 Å². The average molecular weight is 362 g/mol. The first-order chi connectivity index (χ1) is 12.9. The topological polar surface area (TPSA) is 115 Å². The van der Waals surface area contributed by atoms with Crippen LogP contribution in [0, 0.1) is 0 Å². The van der Waals surface area contributed by atoms with Gasteiger partial charge in [0.2, 0.25) is 5.78 Å². The van der Waals surface area contributed by atoms with Gasteiger partial charge in [0.1, 0.15) is 11.5 Å². The Morgan fingerprint density at radius 2 is 1.41 bits per heavy atom. The minimum absolute atomic E-state index is 0.0768. The predicted octanol–water partition coefficient (Wildman–Crippen LogP) is 2.88. The molecule has 0 radical (unpaired) electrons. The Kier molecular flexibility index (Phi) is 3.63. The molecule has 0 unspecified atom stereocenters. The van der Waals surface area contributed by atoms with Gasteiger partial charge >= 0.3 is 0 Å². The van der Waals surface area contributed by atoms with Crippen LogP contribution in [0.5, 0.6) is 23.0 Å². The molecule has 3 aromatic rings. The van der Waals surface area contributed by atoms with Crippen molar-refractivity contribution in [2.75, 3.05) is 0 Å². The summed E-state index contributed by atoms with van der Waals surface area (Å²) in [5.41, 5.74) is 0.882. The fraction of sp³-hybridized carbons (Fsp3) is 0.0476. The summed E-state index contributed by atoms with van der Waals surface area (Å²) in [5, 5.41) is 39.7. The van der Waals surface area contributed by atoms with Gasteiger partial charge in [-0.15, -0.1) is 0 Å². The number of aromatic hydroxyl groups is 4. The van der Waals surface area contributed by atoms with E-state index in [4.69, 9.17) is 0 Å². The Labute approximate surface area is 153 Å². The Hall–Kier alpha value is -3.80. The molecule has 0 aromatic heterocycles. The number of fused-ring (bicyclic) bond motifs is 2. The van der Waals surface area contributed by atoms with Gasteiger partial charge in [-0.2, -0.15) is 0 Å². The van der Waals surface area contributed by atoms with E-state index in [-0.39, 0.29) is 51.7 Å². The molecule has 4 N–H and O–H groups in total. The second-order valence-corrected chi connectivity index (χ2v) is 6.35. The zero-order valence-electron chi connectivity index (χ0n) is 13.9. The van der Waals surface area contributed by atoms with Gasteiger partial charge in [0.25, 0.3) is 0 Å². The molecule has 0 amide bonds. The normalized spacial score (nSPS) is 12.6. The van der Waals surface area contributed by atoms with Crippen molar-refractivity contribution in [3.63, 3.8) is 0 Å². The number of carbonyl (C=O) groups is 2. The molecule has 6 heteroatoms. The van der Waals surface area contributed by atoms with Crippen molar-refractivity contribution in [3.05, 3.63) is 81.9 Å². The average Bonchev–Trinajstić information content (AvgIpc) is 2.64. The van der Waals surface area contributed by atoms with Crippen molar-refractivity contribution >= 4 is 11.6 Å². The van der Waals surface area contributed by atoms with E-state index in [0.29, 0.717) is 11.1 Å². The number of ketones is 2. The van der Waals surface area contributed by atoms with E-state index in [1.165, 1.54) is 42.5 Å². The maximum Gasteiger partial charge on any atom is 0.201 e. The van der Waals surface area contributed by atoms with Crippen LogP contribution in [0.15, 0.2) is 48.5 Å². The molecule has 0 saturated carbocycles. The lowest BCUT2D eigenvalue weighted by atomic mass is 9.81. The van der Waals surface area contributed by atoms with E-state index < -0.39 is 11.6 Å². The number of rotatable bonds is 2. The zero-order valence-corrected chi connectivity index (χ0v) is 13.9. The van der Waals surface area contributed by atoms with E-state index in [1.54, 1.807) is 6.07 Å². The lowest BCUT2D eigenvalue weighted by Gasteiger charge is -2.20. The monoisotopic (exact) mass is 362 g/mol. The molecule has 0 bridgehead atoms. The molecular weight excluding hydrogens is 348 g/mol. The number of phenols is 4. The molecule has 134 valence electrons. The minimum Gasteiger partial charge on any atom is -0.507 e. The highest BCUT2D eigenvalue weighted by molar-refractivity contribution is 6.30. The van der Waals surface area contributed by atoms with Gasteiger partial charge < -0.3 is 20.4 Å². The van der Waals surface area contributed by atoms with E-state index in [9.17, 15) is 30.0 Å². The molecule has 0 heterocycles. The summed E-state index contributed by atoms with van der Waals surface area (Å²) < 4.78 is 0. The van der Waals surface area contributed by atoms with Crippen LogP contribution in [0.25, 0.3) is 0 Å². The van der Waals surface area contributed by atoms with Crippen molar-refractivity contribution in [2.45, 2.75) is 6.42 Å². The van der Waals surface area contributed by atoms with Crippen LogP contribution in [0.1, 0.15) is 43.0 Å². The molecular formula is C21H14O6. The van der Waals surface area contributed by atoms with Crippen molar-refractivity contribution in [2.24, 2.45) is 0 Å². The SMILES string of the molecule is O=C1c2cccc(O)c2C(=O)c2c1ccc(Cc1ccc(O)c(O)c1)c2O. The third-order valence-corrected chi connectivity index (χ3v) is 4.68. The fourth-order valence-corrected chi connectivity index (χ4v) is 3.33. The van der Waals surface area contributed by atoms with Crippen molar-refractivity contribution in [1.82, 2.24) is 0 Å². The van der Waals surface area contributed by atoms with E-state index in [0.717, 1.165) is 0 Å². The van der Waals surface area contributed by atoms with Crippen LogP contribution >= 0.6 is 0 Å². The van der Waals surface area contributed by atoms with Gasteiger partial charge in [0, 0.05) is 17.5 Å². The standard InChI is InChI=1S/C21H14O6/c22-14-7-4-10(9-16(14)24)8-11-5-6-13-18(19(11)25)21(27)17-12(20(13)26)2-1-3-15(17)23/h1-7,9,22-25H,8H2. The van der Waals surface area contributed by atoms with Crippen LogP contribution in [-0.2, 0) is 6.42 Å². The van der Waals surface area contributed by atoms with Crippen LogP contribution in [0.4, 0.5) is 0 Å². The maximum atomic E-state index is 12.9. The molecule has 6 nitrogen and oxygen atoms in total. The fourth-order valence-electron chi connectivity index (χ4n) is 3.33. The first-order valence-corrected chi connectivity index (χ1v) is 8.15. The largest absolute Gasteiger partial charge is 0.507 e. The minimum atomic E-state index is -0.620. The number of hydrogen-bond acceptors (Lipinski definition) is 6. The third kappa shape index (κ3) is 2.50. The number of carbonyl (C=O) groups excluding carboxylic acids is 2. The Morgan fingerprint density at radius 1 is 0.667 bits per heavy atom. The molecule has 0 aliphatic heterocycles. The van der Waals surface area contributed by atoms with Crippen LogP contribution in [0.2, 0.25) is 0 Å². The van der Waals surface area contributed by atoms with Crippen LogP contribution in [0.3, 0.4) is 0 Å². The van der Waals surface area contributed by atoms with Crippen LogP contribution < -0.4 is 0 Å². The summed E-state index contributed by atoms with van der Waals surface area (Å²) in [7, 11) is 0. The summed E-state index contributed by atoms with van der Waals surface area (Å²) in [4.78, 5) is 25.5. The molecule has 3 aromatic carbocycles. The number of benzene rings is 3. The smallest absolute Gasteiger partial charge is 0.201 e. The third-order valence-electron chi connectivity index (χ3n) is 4.68. The van der Waals surface area contributed by atoms with Crippen molar-refractivity contribution in [3.8, 4) is 23.0 Å². The van der Waals surface area contributed by atoms with Crippen molar-refractivity contribution < 1.29 is 30.0 Å². The quantitative estimate of drug-likeness (QED) is 0.408. The molecule has 0 saturated heterocycles. The number of hydrogen-bond donors (Lipinski definition) is 4. The van der Waals surface area contributed by atoms with Gasteiger partial charge in [-0.1, -0.05) is 24.3 Å². The summed E-state index contributed by atoms with van der Waals surface area (Å²) in [6, 6.07) is 11.5. The summed E-state index contributed by atoms with van der Waals surface area (Å²) in [6.45, 7) is 0. The highest BCUT2D eigenvalue weighted by Crippen LogP contribution is 2.38. The zero-order chi connectivity index (χ0) is 19.3. The molecule has 0 spiro atoms. The summed E-state index contributed by atoms with van der Waals surface area (Å²) in [6.07, 6.45) is 0.169. The lowest BCUT2D eigenvalue weighted by molar-refractivity contribution is 0.0974. The Morgan fingerprint density at radius 3 is 2.15 bits per heavy atom. The lowest BCUT2D eigenvalue weighted by Crippen LogP contribution is -2.21. The predicted molar refractivity (Wildman–Crippen MR) is 95.7 cm³/mol. The highest BCUT2D eigenvalue weighted by Gasteiger charge is 2.34. The van der Waals surface area contributed by atoms with Gasteiger partial charge in [-0.25, -0.2) is 0 Å². The Bertz CT molecular complexity index is 1130. The molecule has 4 rings (SSSR count). The van der Waals surface area contributed by atoms with E-state index >= 15 is 0 Å². The second kappa shape index (κ2) is 5.88. The number of phenolic OH excluding ortho intramolecular Hbond substituents is 4. The molecule has 0 fully saturated rings. The van der Waals surface area contributed by atoms with Gasteiger partial charge in [-0.3, -0.25) is 9.59 Å². The molecule has 0 atom stereocenters. The van der Waals surface area contributed by atoms with Crippen molar-refractivity contribution in [1.29, 1.82) is 0 Å². The first-order valence-electron chi connectivity index (χ1n) is 8.15. The summed E-state index contributed by atoms with van der Waals surface area (Å²) >= 11 is 0. The van der Waals surface area contributed by atoms with Gasteiger partial charge in [-0.05, 0) is 35.4 Å². The highest BCUT2D eigenvalue weighted by atomic mass is 16.3. The molecule has 27 heavy (non-hydrogen) atoms. The van der Waals surface area contributed by atoms with Crippen LogP contribution in [-0.4, -0.2) is 32.0 Å². The second-order valence-electron chi connectivity index (χ2n) is 6.35. The Balaban J connectivity index is 1.83.